The molecule has 0 fully saturated rings. The predicted octanol–water partition coefficient (Wildman–Crippen LogP) is 3.70. The number of aryl methyl sites for hydroxylation is 1. The van der Waals surface area contributed by atoms with Gasteiger partial charge in [-0.25, -0.2) is 14.2 Å². The first-order valence-corrected chi connectivity index (χ1v) is 9.89. The van der Waals surface area contributed by atoms with E-state index in [0.29, 0.717) is 22.8 Å². The van der Waals surface area contributed by atoms with Gasteiger partial charge in [0.2, 0.25) is 5.91 Å². The predicted molar refractivity (Wildman–Crippen MR) is 118 cm³/mol. The third-order valence-electron chi connectivity index (χ3n) is 4.48. The zero-order chi connectivity index (χ0) is 23.2. The molecule has 4 aromatic rings. The van der Waals surface area contributed by atoms with E-state index < -0.39 is 17.8 Å². The Morgan fingerprint density at radius 1 is 1.03 bits per heavy atom. The normalized spacial score (nSPS) is 10.5. The van der Waals surface area contributed by atoms with Gasteiger partial charge in [0.05, 0.1) is 24.5 Å². The Balaban J connectivity index is 1.31. The molecule has 0 saturated heterocycles. The second-order valence-electron chi connectivity index (χ2n) is 7.07. The summed E-state index contributed by atoms with van der Waals surface area (Å²) >= 11 is 0. The fourth-order valence-electron chi connectivity index (χ4n) is 2.94. The van der Waals surface area contributed by atoms with Crippen LogP contribution in [0.3, 0.4) is 0 Å². The second kappa shape index (κ2) is 9.69. The van der Waals surface area contributed by atoms with Crippen molar-refractivity contribution in [3.05, 3.63) is 84.7 Å². The van der Waals surface area contributed by atoms with Gasteiger partial charge < -0.3 is 4.74 Å². The number of carbonyl (C=O) groups is 2. The summed E-state index contributed by atoms with van der Waals surface area (Å²) in [6.07, 6.45) is 6.59. The lowest BCUT2D eigenvalue weighted by Gasteiger charge is -2.09. The van der Waals surface area contributed by atoms with Gasteiger partial charge in [-0.15, -0.1) is 0 Å². The molecule has 1 aromatic carbocycles. The van der Waals surface area contributed by atoms with Crippen LogP contribution in [0.2, 0.25) is 0 Å². The first kappa shape index (κ1) is 21.6. The Morgan fingerprint density at radius 2 is 1.85 bits per heavy atom. The summed E-state index contributed by atoms with van der Waals surface area (Å²) in [6.45, 7) is 0. The number of pyridine rings is 2. The van der Waals surface area contributed by atoms with E-state index in [1.54, 1.807) is 41.3 Å². The fourth-order valence-corrected chi connectivity index (χ4v) is 2.94. The summed E-state index contributed by atoms with van der Waals surface area (Å²) in [6, 6.07) is 11.4. The summed E-state index contributed by atoms with van der Waals surface area (Å²) < 4.78 is 20.4. The number of imide groups is 1. The van der Waals surface area contributed by atoms with Gasteiger partial charge in [0.25, 0.3) is 0 Å². The van der Waals surface area contributed by atoms with Crippen molar-refractivity contribution in [2.24, 2.45) is 7.05 Å². The molecule has 9 nitrogen and oxygen atoms in total. The summed E-state index contributed by atoms with van der Waals surface area (Å²) in [5, 5.41) is 8.81. The number of carbonyl (C=O) groups excluding carboxylic acids is 2. The molecule has 0 unspecified atom stereocenters. The Labute approximate surface area is 188 Å². The standard InChI is InChI=1S/C23H19FN6O3/c1-30-14-16(12-27-30)20-11-18(8-9-25-20)33-19-6-7-21(26-13-19)28-23(32)29-22(31)10-15-2-4-17(24)5-3-15/h2-9,11-14H,10H2,1H3,(H2,26,28,29,31,32). The van der Waals surface area contributed by atoms with Crippen LogP contribution >= 0.6 is 0 Å². The smallest absolute Gasteiger partial charge is 0.327 e. The molecule has 0 atom stereocenters. The van der Waals surface area contributed by atoms with Crippen molar-refractivity contribution >= 4 is 17.8 Å². The van der Waals surface area contributed by atoms with Gasteiger partial charge in [-0.3, -0.25) is 25.1 Å². The highest BCUT2D eigenvalue weighted by molar-refractivity contribution is 6.01. The van der Waals surface area contributed by atoms with Crippen LogP contribution in [0.25, 0.3) is 11.3 Å². The van der Waals surface area contributed by atoms with Gasteiger partial charge >= 0.3 is 6.03 Å². The Hall–Kier alpha value is -4.60. The van der Waals surface area contributed by atoms with E-state index in [2.05, 4.69) is 25.7 Å². The lowest BCUT2D eigenvalue weighted by atomic mass is 10.1. The third-order valence-corrected chi connectivity index (χ3v) is 4.48. The Bertz CT molecular complexity index is 1270. The first-order chi connectivity index (χ1) is 15.9. The van der Waals surface area contributed by atoms with Crippen molar-refractivity contribution in [2.75, 3.05) is 5.32 Å². The molecule has 0 saturated carbocycles. The largest absolute Gasteiger partial charge is 0.456 e. The average molecular weight is 446 g/mol. The molecule has 0 radical (unpaired) electrons. The van der Waals surface area contributed by atoms with E-state index in [4.69, 9.17) is 4.74 Å². The number of rotatable bonds is 6. The minimum atomic E-state index is -0.724. The van der Waals surface area contributed by atoms with E-state index in [-0.39, 0.29) is 12.2 Å². The number of amides is 3. The number of anilines is 1. The van der Waals surface area contributed by atoms with Gasteiger partial charge in [-0.1, -0.05) is 12.1 Å². The number of aromatic nitrogens is 4. The fraction of sp³-hybridized carbons (Fsp3) is 0.0870. The molecule has 0 aliphatic heterocycles. The van der Waals surface area contributed by atoms with Crippen molar-refractivity contribution in [2.45, 2.75) is 6.42 Å². The van der Waals surface area contributed by atoms with Crippen molar-refractivity contribution in [3.8, 4) is 22.8 Å². The lowest BCUT2D eigenvalue weighted by Crippen LogP contribution is -2.35. The van der Waals surface area contributed by atoms with Gasteiger partial charge in [0, 0.05) is 31.1 Å². The van der Waals surface area contributed by atoms with E-state index in [0.717, 1.165) is 5.56 Å². The van der Waals surface area contributed by atoms with Crippen LogP contribution in [0.15, 0.2) is 73.3 Å². The molecule has 3 heterocycles. The minimum absolute atomic E-state index is 0.0547. The zero-order valence-corrected chi connectivity index (χ0v) is 17.5. The quantitative estimate of drug-likeness (QED) is 0.467. The molecule has 4 rings (SSSR count). The highest BCUT2D eigenvalue weighted by Gasteiger charge is 2.10. The summed E-state index contributed by atoms with van der Waals surface area (Å²) in [7, 11) is 1.83. The molecule has 0 bridgehead atoms. The van der Waals surface area contributed by atoms with Gasteiger partial charge in [0.1, 0.15) is 23.1 Å². The molecule has 0 spiro atoms. The second-order valence-corrected chi connectivity index (χ2v) is 7.07. The number of nitrogens with zero attached hydrogens (tertiary/aromatic N) is 4. The maximum Gasteiger partial charge on any atom is 0.327 e. The third kappa shape index (κ3) is 5.97. The lowest BCUT2D eigenvalue weighted by molar-refractivity contribution is -0.119. The zero-order valence-electron chi connectivity index (χ0n) is 17.5. The van der Waals surface area contributed by atoms with E-state index in [1.165, 1.54) is 30.5 Å². The van der Waals surface area contributed by atoms with Crippen LogP contribution in [0, 0.1) is 5.82 Å². The molecule has 166 valence electrons. The molecule has 33 heavy (non-hydrogen) atoms. The molecule has 10 heteroatoms. The number of halogens is 1. The van der Waals surface area contributed by atoms with Crippen LogP contribution in [0.1, 0.15) is 5.56 Å². The Morgan fingerprint density at radius 3 is 2.55 bits per heavy atom. The Kier molecular flexibility index (Phi) is 6.35. The number of urea groups is 1. The van der Waals surface area contributed by atoms with Crippen LogP contribution in [-0.2, 0) is 18.3 Å². The van der Waals surface area contributed by atoms with Crippen LogP contribution in [-0.4, -0.2) is 31.7 Å². The highest BCUT2D eigenvalue weighted by Crippen LogP contribution is 2.25. The summed E-state index contributed by atoms with van der Waals surface area (Å²) in [5.74, 6) is 0.335. The monoisotopic (exact) mass is 446 g/mol. The van der Waals surface area contributed by atoms with E-state index >= 15 is 0 Å². The van der Waals surface area contributed by atoms with Gasteiger partial charge in [-0.2, -0.15) is 5.10 Å². The molecule has 2 N–H and O–H groups in total. The molecular weight excluding hydrogens is 427 g/mol. The number of hydrogen-bond acceptors (Lipinski definition) is 6. The number of nitrogens with one attached hydrogen (secondary N) is 2. The molecule has 3 aromatic heterocycles. The number of hydrogen-bond donors (Lipinski definition) is 2. The van der Waals surface area contributed by atoms with Crippen molar-refractivity contribution in [1.82, 2.24) is 25.1 Å². The van der Waals surface area contributed by atoms with Crippen molar-refractivity contribution in [1.29, 1.82) is 0 Å². The molecule has 3 amide bonds. The minimum Gasteiger partial charge on any atom is -0.456 e. The average Bonchev–Trinajstić information content (AvgIpc) is 3.23. The molecule has 0 aliphatic rings. The highest BCUT2D eigenvalue weighted by atomic mass is 19.1. The molecule has 0 aliphatic carbocycles. The maximum absolute atomic E-state index is 12.9. The van der Waals surface area contributed by atoms with Gasteiger partial charge in [0.15, 0.2) is 0 Å². The maximum atomic E-state index is 12.9. The van der Waals surface area contributed by atoms with Crippen LogP contribution in [0.4, 0.5) is 15.0 Å². The first-order valence-electron chi connectivity index (χ1n) is 9.89. The molecular formula is C23H19FN6O3. The van der Waals surface area contributed by atoms with Crippen molar-refractivity contribution < 1.29 is 18.7 Å². The SMILES string of the molecule is Cn1cc(-c2cc(Oc3ccc(NC(=O)NC(=O)Cc4ccc(F)cc4)nc3)ccn2)cn1. The van der Waals surface area contributed by atoms with E-state index in [9.17, 15) is 14.0 Å². The summed E-state index contributed by atoms with van der Waals surface area (Å²) in [4.78, 5) is 32.4. The summed E-state index contributed by atoms with van der Waals surface area (Å²) in [5.41, 5.74) is 2.17. The van der Waals surface area contributed by atoms with Crippen LogP contribution in [0.5, 0.6) is 11.5 Å². The van der Waals surface area contributed by atoms with Crippen LogP contribution < -0.4 is 15.4 Å². The van der Waals surface area contributed by atoms with Gasteiger partial charge in [-0.05, 0) is 35.9 Å². The number of ether oxygens (including phenoxy) is 1. The topological polar surface area (TPSA) is 111 Å². The van der Waals surface area contributed by atoms with Crippen molar-refractivity contribution in [3.63, 3.8) is 0 Å². The number of benzene rings is 1. The van der Waals surface area contributed by atoms with E-state index in [1.807, 2.05) is 13.2 Å².